The van der Waals surface area contributed by atoms with Crippen molar-refractivity contribution in [2.75, 3.05) is 11.4 Å². The van der Waals surface area contributed by atoms with Crippen LogP contribution in [0.25, 0.3) is 0 Å². The number of rotatable bonds is 5. The van der Waals surface area contributed by atoms with Gasteiger partial charge in [-0.25, -0.2) is 8.42 Å². The largest absolute Gasteiger partial charge is 0.345 e. The van der Waals surface area contributed by atoms with E-state index in [1.807, 2.05) is 18.2 Å². The Morgan fingerprint density at radius 2 is 1.60 bits per heavy atom. The molecule has 1 aliphatic carbocycles. The van der Waals surface area contributed by atoms with Crippen molar-refractivity contribution in [1.29, 1.82) is 0 Å². The fourth-order valence-electron chi connectivity index (χ4n) is 3.86. The normalized spacial score (nSPS) is 15.8. The molecule has 5 nitrogen and oxygen atoms in total. The van der Waals surface area contributed by atoms with Gasteiger partial charge < -0.3 is 5.32 Å². The van der Waals surface area contributed by atoms with E-state index < -0.39 is 10.0 Å². The zero-order valence-electron chi connectivity index (χ0n) is 16.8. The first-order valence-electron chi connectivity index (χ1n) is 9.99. The van der Waals surface area contributed by atoms with Gasteiger partial charge in [0.1, 0.15) is 0 Å². The smallest absolute Gasteiger partial charge is 0.264 e. The van der Waals surface area contributed by atoms with Crippen LogP contribution >= 0.6 is 0 Å². The van der Waals surface area contributed by atoms with Crippen LogP contribution < -0.4 is 9.62 Å². The molecule has 0 aromatic heterocycles. The molecule has 0 unspecified atom stereocenters. The number of benzene rings is 3. The first-order chi connectivity index (χ1) is 14.5. The van der Waals surface area contributed by atoms with Gasteiger partial charge in [0.25, 0.3) is 15.9 Å². The van der Waals surface area contributed by atoms with Crippen molar-refractivity contribution in [3.8, 4) is 0 Å². The zero-order valence-corrected chi connectivity index (χ0v) is 17.6. The Bertz CT molecular complexity index is 1140. The maximum absolute atomic E-state index is 12.9. The van der Waals surface area contributed by atoms with Crippen molar-refractivity contribution < 1.29 is 13.2 Å². The van der Waals surface area contributed by atoms with Gasteiger partial charge in [-0.1, -0.05) is 42.5 Å². The van der Waals surface area contributed by atoms with Gasteiger partial charge in [-0.15, -0.1) is 0 Å². The number of sulfonamides is 1. The zero-order chi connectivity index (χ0) is 21.1. The van der Waals surface area contributed by atoms with Gasteiger partial charge >= 0.3 is 0 Å². The number of nitrogens with zero attached hydrogens (tertiary/aromatic N) is 1. The monoisotopic (exact) mass is 420 g/mol. The molecule has 1 aliphatic rings. The average Bonchev–Trinajstić information content (AvgIpc) is 2.79. The summed E-state index contributed by atoms with van der Waals surface area (Å²) < 4.78 is 27.0. The Balaban J connectivity index is 1.51. The van der Waals surface area contributed by atoms with Crippen LogP contribution in [-0.4, -0.2) is 21.4 Å². The maximum Gasteiger partial charge on any atom is 0.264 e. The van der Waals surface area contributed by atoms with Crippen molar-refractivity contribution in [3.63, 3.8) is 0 Å². The van der Waals surface area contributed by atoms with Crippen molar-refractivity contribution in [2.24, 2.45) is 0 Å². The maximum atomic E-state index is 12.9. The number of anilines is 1. The summed E-state index contributed by atoms with van der Waals surface area (Å²) in [4.78, 5) is 12.9. The number of fused-ring (bicyclic) bond motifs is 1. The van der Waals surface area contributed by atoms with Gasteiger partial charge in [0.15, 0.2) is 0 Å². The molecule has 3 aromatic rings. The van der Waals surface area contributed by atoms with Gasteiger partial charge in [0.2, 0.25) is 0 Å². The number of amides is 1. The summed E-state index contributed by atoms with van der Waals surface area (Å²) in [7, 11) is -2.18. The number of aryl methyl sites for hydroxylation is 1. The molecule has 0 fully saturated rings. The average molecular weight is 421 g/mol. The molecular formula is C24H24N2O3S. The lowest BCUT2D eigenvalue weighted by Gasteiger charge is -2.26. The number of carbonyl (C=O) groups excluding carboxylic acids is 1. The van der Waals surface area contributed by atoms with Crippen molar-refractivity contribution in [1.82, 2.24) is 5.32 Å². The van der Waals surface area contributed by atoms with E-state index in [2.05, 4.69) is 17.4 Å². The minimum atomic E-state index is -3.70. The molecule has 0 heterocycles. The molecule has 30 heavy (non-hydrogen) atoms. The fourth-order valence-corrected chi connectivity index (χ4v) is 5.05. The third kappa shape index (κ3) is 3.96. The van der Waals surface area contributed by atoms with E-state index in [0.717, 1.165) is 19.3 Å². The van der Waals surface area contributed by atoms with E-state index in [-0.39, 0.29) is 16.8 Å². The second kappa shape index (κ2) is 8.32. The lowest BCUT2D eigenvalue weighted by atomic mass is 9.87. The molecule has 6 heteroatoms. The topological polar surface area (TPSA) is 66.5 Å². The molecule has 0 saturated heterocycles. The van der Waals surface area contributed by atoms with Gasteiger partial charge in [0, 0.05) is 12.6 Å². The number of nitrogens with one attached hydrogen (secondary N) is 1. The summed E-state index contributed by atoms with van der Waals surface area (Å²) in [6.07, 6.45) is 2.96. The summed E-state index contributed by atoms with van der Waals surface area (Å²) in [5.41, 5.74) is 3.47. The summed E-state index contributed by atoms with van der Waals surface area (Å²) >= 11 is 0. The van der Waals surface area contributed by atoms with E-state index in [9.17, 15) is 13.2 Å². The van der Waals surface area contributed by atoms with E-state index >= 15 is 0 Å². The van der Waals surface area contributed by atoms with Gasteiger partial charge in [-0.2, -0.15) is 0 Å². The minimum Gasteiger partial charge on any atom is -0.345 e. The third-order valence-corrected chi connectivity index (χ3v) is 7.37. The lowest BCUT2D eigenvalue weighted by Crippen LogP contribution is -2.31. The van der Waals surface area contributed by atoms with Crippen molar-refractivity contribution in [3.05, 3.63) is 95.6 Å². The number of carbonyl (C=O) groups is 1. The predicted octanol–water partition coefficient (Wildman–Crippen LogP) is 4.32. The fraction of sp³-hybridized carbons (Fsp3) is 0.208. The van der Waals surface area contributed by atoms with Crippen LogP contribution in [0.1, 0.15) is 40.4 Å². The molecule has 4 rings (SSSR count). The molecule has 0 radical (unpaired) electrons. The van der Waals surface area contributed by atoms with E-state index in [1.54, 1.807) is 36.4 Å². The SMILES string of the molecule is CN(c1ccccc1)S(=O)(=O)c1ccc(C(=O)N[C@@H]2CCCc3ccccc32)cc1. The Morgan fingerprint density at radius 3 is 2.33 bits per heavy atom. The van der Waals surface area contributed by atoms with Gasteiger partial charge in [0.05, 0.1) is 16.6 Å². The Morgan fingerprint density at radius 1 is 0.933 bits per heavy atom. The standard InChI is InChI=1S/C24H24N2O3S/c1-26(20-10-3-2-4-11-20)30(28,29)21-16-14-19(15-17-21)24(27)25-23-13-7-9-18-8-5-6-12-22(18)23/h2-6,8,10-12,14-17,23H,7,9,13H2,1H3,(H,25,27)/t23-/m1/s1. The summed E-state index contributed by atoms with van der Waals surface area (Å²) in [6.45, 7) is 0. The molecule has 1 atom stereocenters. The second-order valence-corrected chi connectivity index (χ2v) is 9.42. The first kappa shape index (κ1) is 20.2. The van der Waals surface area contributed by atoms with Crippen LogP contribution in [0.15, 0.2) is 83.8 Å². The van der Waals surface area contributed by atoms with Crippen LogP contribution in [0, 0.1) is 0 Å². The lowest BCUT2D eigenvalue weighted by molar-refractivity contribution is 0.0932. The predicted molar refractivity (Wildman–Crippen MR) is 118 cm³/mol. The van der Waals surface area contributed by atoms with Crippen LogP contribution in [0.5, 0.6) is 0 Å². The highest BCUT2D eigenvalue weighted by atomic mass is 32.2. The van der Waals surface area contributed by atoms with E-state index in [4.69, 9.17) is 0 Å². The van der Waals surface area contributed by atoms with Crippen molar-refractivity contribution >= 4 is 21.6 Å². The van der Waals surface area contributed by atoms with Crippen LogP contribution in [0.4, 0.5) is 5.69 Å². The Kier molecular flexibility index (Phi) is 5.59. The van der Waals surface area contributed by atoms with Gasteiger partial charge in [-0.05, 0) is 66.8 Å². The molecule has 0 bridgehead atoms. The molecule has 1 amide bonds. The van der Waals surface area contributed by atoms with Gasteiger partial charge in [-0.3, -0.25) is 9.10 Å². The van der Waals surface area contributed by atoms with Crippen LogP contribution in [0.3, 0.4) is 0 Å². The molecule has 3 aromatic carbocycles. The summed E-state index contributed by atoms with van der Waals surface area (Å²) in [6, 6.07) is 23.2. The molecule has 0 saturated carbocycles. The van der Waals surface area contributed by atoms with E-state index in [1.165, 1.54) is 34.6 Å². The Labute approximate surface area is 177 Å². The summed E-state index contributed by atoms with van der Waals surface area (Å²) in [5, 5.41) is 3.10. The molecule has 0 spiro atoms. The van der Waals surface area contributed by atoms with E-state index in [0.29, 0.717) is 11.3 Å². The highest BCUT2D eigenvalue weighted by molar-refractivity contribution is 7.92. The Hall–Kier alpha value is -3.12. The molecule has 0 aliphatic heterocycles. The molecular weight excluding hydrogens is 396 g/mol. The third-order valence-electron chi connectivity index (χ3n) is 5.57. The van der Waals surface area contributed by atoms with Crippen LogP contribution in [-0.2, 0) is 16.4 Å². The number of hydrogen-bond acceptors (Lipinski definition) is 3. The number of hydrogen-bond donors (Lipinski definition) is 1. The first-order valence-corrected chi connectivity index (χ1v) is 11.4. The highest BCUT2D eigenvalue weighted by Crippen LogP contribution is 2.30. The second-order valence-electron chi connectivity index (χ2n) is 7.45. The molecule has 1 N–H and O–H groups in total. The molecule has 154 valence electrons. The highest BCUT2D eigenvalue weighted by Gasteiger charge is 2.24. The number of para-hydroxylation sites is 1. The van der Waals surface area contributed by atoms with Crippen LogP contribution in [0.2, 0.25) is 0 Å². The quantitative estimate of drug-likeness (QED) is 0.669. The summed E-state index contributed by atoms with van der Waals surface area (Å²) in [5.74, 6) is -0.197. The minimum absolute atomic E-state index is 0.0185. The van der Waals surface area contributed by atoms with Crippen molar-refractivity contribution in [2.45, 2.75) is 30.2 Å².